The van der Waals surface area contributed by atoms with E-state index in [1.165, 1.54) is 5.56 Å². The number of likely N-dealkylation sites (tertiary alicyclic amines) is 2. The van der Waals surface area contributed by atoms with E-state index in [-0.39, 0.29) is 23.8 Å². The van der Waals surface area contributed by atoms with E-state index in [1.54, 1.807) is 11.9 Å². The van der Waals surface area contributed by atoms with Crippen LogP contribution in [-0.4, -0.2) is 61.0 Å². The first-order valence-electron chi connectivity index (χ1n) is 8.82. The van der Waals surface area contributed by atoms with Crippen molar-refractivity contribution in [3.63, 3.8) is 0 Å². The Hall–Kier alpha value is -1.88. The van der Waals surface area contributed by atoms with Crippen LogP contribution in [0.1, 0.15) is 24.8 Å². The quantitative estimate of drug-likeness (QED) is 0.746. The van der Waals surface area contributed by atoms with Crippen molar-refractivity contribution in [2.24, 2.45) is 5.92 Å². The van der Waals surface area contributed by atoms with Crippen LogP contribution < -0.4 is 0 Å². The molecule has 24 heavy (non-hydrogen) atoms. The lowest BCUT2D eigenvalue weighted by Gasteiger charge is -2.20. The number of ether oxygens (including phenoxy) is 1. The topological polar surface area (TPSA) is 49.9 Å². The molecule has 2 amide bonds. The molecule has 130 valence electrons. The zero-order chi connectivity index (χ0) is 16.9. The Bertz CT molecular complexity index is 575. The Morgan fingerprint density at radius 1 is 1.25 bits per heavy atom. The molecule has 0 bridgehead atoms. The third kappa shape index (κ3) is 4.15. The monoisotopic (exact) mass is 330 g/mol. The molecule has 0 unspecified atom stereocenters. The Kier molecular flexibility index (Phi) is 5.51. The van der Waals surface area contributed by atoms with Gasteiger partial charge in [-0.25, -0.2) is 0 Å². The molecular weight excluding hydrogens is 304 g/mol. The van der Waals surface area contributed by atoms with Gasteiger partial charge in [0, 0.05) is 39.7 Å². The van der Waals surface area contributed by atoms with Crippen LogP contribution in [0, 0.1) is 5.92 Å². The molecule has 2 atom stereocenters. The minimum atomic E-state index is -0.167. The van der Waals surface area contributed by atoms with Gasteiger partial charge in [-0.2, -0.15) is 0 Å². The van der Waals surface area contributed by atoms with E-state index < -0.39 is 0 Å². The highest BCUT2D eigenvalue weighted by atomic mass is 16.5. The van der Waals surface area contributed by atoms with Gasteiger partial charge in [-0.1, -0.05) is 30.3 Å². The summed E-state index contributed by atoms with van der Waals surface area (Å²) in [6.07, 6.45) is 3.41. The Labute approximate surface area is 143 Å². The van der Waals surface area contributed by atoms with Crippen LogP contribution >= 0.6 is 0 Å². The Morgan fingerprint density at radius 3 is 2.75 bits per heavy atom. The first-order chi connectivity index (χ1) is 11.6. The number of carbonyl (C=O) groups is 2. The molecule has 0 aromatic heterocycles. The van der Waals surface area contributed by atoms with Crippen molar-refractivity contribution in [2.45, 2.75) is 31.8 Å². The van der Waals surface area contributed by atoms with Gasteiger partial charge in [0.2, 0.25) is 11.8 Å². The normalized spacial score (nSPS) is 24.0. The average molecular weight is 330 g/mol. The summed E-state index contributed by atoms with van der Waals surface area (Å²) >= 11 is 0. The van der Waals surface area contributed by atoms with Gasteiger partial charge >= 0.3 is 0 Å². The number of rotatable bonds is 6. The number of hydrogen-bond donors (Lipinski definition) is 0. The summed E-state index contributed by atoms with van der Waals surface area (Å²) in [7, 11) is 1.76. The zero-order valence-corrected chi connectivity index (χ0v) is 14.3. The SMILES string of the molecule is CN1C[C@@H](C(=O)N2CC[C@@H](OCCCc3ccccc3)C2)CC1=O. The van der Waals surface area contributed by atoms with Crippen LogP contribution in [-0.2, 0) is 20.7 Å². The van der Waals surface area contributed by atoms with E-state index in [2.05, 4.69) is 24.3 Å². The van der Waals surface area contributed by atoms with Gasteiger partial charge in [-0.3, -0.25) is 9.59 Å². The highest BCUT2D eigenvalue weighted by Crippen LogP contribution is 2.22. The van der Waals surface area contributed by atoms with Crippen molar-refractivity contribution in [3.8, 4) is 0 Å². The lowest BCUT2D eigenvalue weighted by Crippen LogP contribution is -2.36. The molecule has 0 spiro atoms. The van der Waals surface area contributed by atoms with Crippen LogP contribution in [0.15, 0.2) is 30.3 Å². The number of hydrogen-bond acceptors (Lipinski definition) is 3. The largest absolute Gasteiger partial charge is 0.376 e. The maximum absolute atomic E-state index is 12.5. The zero-order valence-electron chi connectivity index (χ0n) is 14.3. The van der Waals surface area contributed by atoms with E-state index in [1.807, 2.05) is 11.0 Å². The van der Waals surface area contributed by atoms with Crippen molar-refractivity contribution in [3.05, 3.63) is 35.9 Å². The van der Waals surface area contributed by atoms with Crippen molar-refractivity contribution >= 4 is 11.8 Å². The summed E-state index contributed by atoms with van der Waals surface area (Å²) in [6.45, 7) is 2.69. The fourth-order valence-electron chi connectivity index (χ4n) is 3.52. The van der Waals surface area contributed by atoms with Crippen molar-refractivity contribution in [2.75, 3.05) is 33.3 Å². The summed E-state index contributed by atoms with van der Waals surface area (Å²) in [4.78, 5) is 27.6. The minimum Gasteiger partial charge on any atom is -0.376 e. The summed E-state index contributed by atoms with van der Waals surface area (Å²) in [5.74, 6) is 0.0173. The van der Waals surface area contributed by atoms with Crippen molar-refractivity contribution in [1.29, 1.82) is 0 Å². The molecular formula is C19H26N2O3. The first kappa shape index (κ1) is 17.0. The summed E-state index contributed by atoms with van der Waals surface area (Å²) in [5.41, 5.74) is 1.33. The first-order valence-corrected chi connectivity index (χ1v) is 8.82. The molecule has 2 fully saturated rings. The van der Waals surface area contributed by atoms with Crippen LogP contribution in [0.3, 0.4) is 0 Å². The average Bonchev–Trinajstić information content (AvgIpc) is 3.19. The standard InChI is InChI=1S/C19H26N2O3/c1-20-13-16(12-18(20)22)19(23)21-10-9-17(14-21)24-11-5-8-15-6-3-2-4-7-15/h2-4,6-7,16-17H,5,8-14H2,1H3/t16-,17+/m0/s1. The van der Waals surface area contributed by atoms with E-state index in [4.69, 9.17) is 4.74 Å². The predicted octanol–water partition coefficient (Wildman–Crippen LogP) is 1.71. The number of carbonyl (C=O) groups excluding carboxylic acids is 2. The van der Waals surface area contributed by atoms with Crippen LogP contribution in [0.4, 0.5) is 0 Å². The van der Waals surface area contributed by atoms with E-state index in [9.17, 15) is 9.59 Å². The molecule has 0 N–H and O–H groups in total. The van der Waals surface area contributed by atoms with Gasteiger partial charge in [0.05, 0.1) is 12.0 Å². The number of nitrogens with zero attached hydrogens (tertiary/aromatic N) is 2. The lowest BCUT2D eigenvalue weighted by molar-refractivity contribution is -0.135. The second-order valence-electron chi connectivity index (χ2n) is 6.83. The van der Waals surface area contributed by atoms with Gasteiger partial charge in [-0.05, 0) is 24.8 Å². The summed E-state index contributed by atoms with van der Waals surface area (Å²) < 4.78 is 5.94. The lowest BCUT2D eigenvalue weighted by atomic mass is 10.1. The maximum atomic E-state index is 12.5. The molecule has 2 heterocycles. The van der Waals surface area contributed by atoms with Gasteiger partial charge in [0.15, 0.2) is 0 Å². The second kappa shape index (κ2) is 7.79. The van der Waals surface area contributed by atoms with Gasteiger partial charge in [0.1, 0.15) is 0 Å². The molecule has 5 heteroatoms. The molecule has 1 aromatic carbocycles. The second-order valence-corrected chi connectivity index (χ2v) is 6.83. The van der Waals surface area contributed by atoms with E-state index in [0.717, 1.165) is 32.4 Å². The van der Waals surface area contributed by atoms with Gasteiger partial charge in [-0.15, -0.1) is 0 Å². The Balaban J connectivity index is 1.36. The Morgan fingerprint density at radius 2 is 2.04 bits per heavy atom. The third-order valence-electron chi connectivity index (χ3n) is 4.95. The smallest absolute Gasteiger partial charge is 0.228 e. The molecule has 2 saturated heterocycles. The molecule has 5 nitrogen and oxygen atoms in total. The minimum absolute atomic E-state index is 0.0706. The van der Waals surface area contributed by atoms with E-state index >= 15 is 0 Å². The molecule has 2 aliphatic heterocycles. The molecule has 0 radical (unpaired) electrons. The molecule has 0 aliphatic carbocycles. The van der Waals surface area contributed by atoms with Crippen LogP contribution in [0.5, 0.6) is 0 Å². The maximum Gasteiger partial charge on any atom is 0.228 e. The third-order valence-corrected chi connectivity index (χ3v) is 4.95. The fraction of sp³-hybridized carbons (Fsp3) is 0.579. The molecule has 3 rings (SSSR count). The molecule has 2 aliphatic rings. The van der Waals surface area contributed by atoms with Crippen LogP contribution in [0.2, 0.25) is 0 Å². The molecule has 0 saturated carbocycles. The van der Waals surface area contributed by atoms with Crippen molar-refractivity contribution < 1.29 is 14.3 Å². The summed E-state index contributed by atoms with van der Waals surface area (Å²) in [6, 6.07) is 10.4. The predicted molar refractivity (Wildman–Crippen MR) is 91.4 cm³/mol. The highest BCUT2D eigenvalue weighted by molar-refractivity contribution is 5.89. The van der Waals surface area contributed by atoms with Gasteiger partial charge in [0.25, 0.3) is 0 Å². The van der Waals surface area contributed by atoms with Crippen molar-refractivity contribution in [1.82, 2.24) is 9.80 Å². The van der Waals surface area contributed by atoms with Crippen LogP contribution in [0.25, 0.3) is 0 Å². The van der Waals surface area contributed by atoms with Gasteiger partial charge < -0.3 is 14.5 Å². The number of amides is 2. The molecule has 1 aromatic rings. The fourth-order valence-corrected chi connectivity index (χ4v) is 3.52. The summed E-state index contributed by atoms with van der Waals surface area (Å²) in [5, 5.41) is 0. The number of aryl methyl sites for hydroxylation is 1. The number of benzene rings is 1. The highest BCUT2D eigenvalue weighted by Gasteiger charge is 2.37. The van der Waals surface area contributed by atoms with E-state index in [0.29, 0.717) is 19.5 Å².